The second-order valence-corrected chi connectivity index (χ2v) is 9.01. The summed E-state index contributed by atoms with van der Waals surface area (Å²) in [6, 6.07) is 9.34. The monoisotopic (exact) mass is 461 g/mol. The molecule has 2 aromatic rings. The zero-order chi connectivity index (χ0) is 22.1. The van der Waals surface area contributed by atoms with Crippen molar-refractivity contribution in [1.82, 2.24) is 9.21 Å². The molecule has 0 spiro atoms. The molecule has 1 saturated heterocycles. The number of rotatable bonds is 4. The number of piperazine rings is 1. The quantitative estimate of drug-likeness (QED) is 0.644. The Hall–Kier alpha value is -2.19. The van der Waals surface area contributed by atoms with Crippen molar-refractivity contribution < 1.29 is 26.0 Å². The van der Waals surface area contributed by atoms with Gasteiger partial charge in [0.2, 0.25) is 10.0 Å². The molecule has 11 heteroatoms. The fourth-order valence-electron chi connectivity index (χ4n) is 3.25. The number of nitriles is 1. The summed E-state index contributed by atoms with van der Waals surface area (Å²) in [5.74, 6) is -0.437. The summed E-state index contributed by atoms with van der Waals surface area (Å²) in [6.07, 6.45) is -4.78. The van der Waals surface area contributed by atoms with Crippen LogP contribution in [0.2, 0.25) is 5.02 Å². The molecule has 1 aliphatic heterocycles. The predicted molar refractivity (Wildman–Crippen MR) is 102 cm³/mol. The molecule has 2 aromatic carbocycles. The van der Waals surface area contributed by atoms with Gasteiger partial charge in [0, 0.05) is 26.2 Å². The Kier molecular flexibility index (Phi) is 6.38. The third-order valence-electron chi connectivity index (χ3n) is 4.83. The zero-order valence-electron chi connectivity index (χ0n) is 15.4. The van der Waals surface area contributed by atoms with Gasteiger partial charge in [0.05, 0.1) is 21.6 Å². The number of sulfonamides is 1. The molecule has 1 heterocycles. The van der Waals surface area contributed by atoms with Crippen LogP contribution >= 0.6 is 11.6 Å². The van der Waals surface area contributed by atoms with Gasteiger partial charge in [-0.1, -0.05) is 23.7 Å². The van der Waals surface area contributed by atoms with Gasteiger partial charge in [0.25, 0.3) is 0 Å². The fourth-order valence-corrected chi connectivity index (χ4v) is 4.92. The van der Waals surface area contributed by atoms with E-state index in [-0.39, 0.29) is 26.2 Å². The molecule has 0 amide bonds. The Morgan fingerprint density at radius 1 is 1.03 bits per heavy atom. The molecule has 5 nitrogen and oxygen atoms in total. The number of halogens is 5. The van der Waals surface area contributed by atoms with Crippen LogP contribution in [0.15, 0.2) is 47.4 Å². The zero-order valence-corrected chi connectivity index (χ0v) is 17.0. The number of alkyl halides is 3. The van der Waals surface area contributed by atoms with Gasteiger partial charge in [0.15, 0.2) is 0 Å². The number of hydrogen-bond acceptors (Lipinski definition) is 4. The molecule has 1 aliphatic rings. The maximum Gasteiger partial charge on any atom is 0.417 e. The van der Waals surface area contributed by atoms with Gasteiger partial charge in [-0.3, -0.25) is 4.90 Å². The van der Waals surface area contributed by atoms with Crippen molar-refractivity contribution in [2.24, 2.45) is 0 Å². The standard InChI is InChI=1S/C19H16ClF4N3O2S/c20-17-6-5-15(11-16(17)19(22,23)24)30(28,29)27-9-7-26(8-10-27)18(12-25)13-1-3-14(21)4-2-13/h1-6,11,18H,7-10H2/t18-/m0/s1. The first-order valence-electron chi connectivity index (χ1n) is 8.80. The lowest BCUT2D eigenvalue weighted by Crippen LogP contribution is -2.49. The van der Waals surface area contributed by atoms with Crippen LogP contribution in [0, 0.1) is 17.1 Å². The molecule has 0 bridgehead atoms. The van der Waals surface area contributed by atoms with Crippen LogP contribution < -0.4 is 0 Å². The van der Waals surface area contributed by atoms with E-state index in [9.17, 15) is 31.2 Å². The van der Waals surface area contributed by atoms with Crippen LogP contribution in [0.4, 0.5) is 17.6 Å². The van der Waals surface area contributed by atoms with Gasteiger partial charge in [-0.25, -0.2) is 12.8 Å². The molecule has 1 fully saturated rings. The van der Waals surface area contributed by atoms with Crippen LogP contribution in [0.1, 0.15) is 17.2 Å². The molecule has 160 valence electrons. The number of benzene rings is 2. The molecule has 0 radical (unpaired) electrons. The van der Waals surface area contributed by atoms with E-state index in [0.717, 1.165) is 16.4 Å². The first kappa shape index (κ1) is 22.5. The highest BCUT2D eigenvalue weighted by Gasteiger charge is 2.36. The summed E-state index contributed by atoms with van der Waals surface area (Å²) in [6.45, 7) is 0.362. The van der Waals surface area contributed by atoms with Gasteiger partial charge in [-0.2, -0.15) is 22.7 Å². The molecule has 0 unspecified atom stereocenters. The minimum absolute atomic E-state index is 0.00825. The highest BCUT2D eigenvalue weighted by molar-refractivity contribution is 7.89. The van der Waals surface area contributed by atoms with Gasteiger partial charge >= 0.3 is 6.18 Å². The predicted octanol–water partition coefficient (Wildman–Crippen LogP) is 4.07. The van der Waals surface area contributed by atoms with Crippen molar-refractivity contribution in [1.29, 1.82) is 5.26 Å². The van der Waals surface area contributed by atoms with E-state index in [0.29, 0.717) is 11.6 Å². The maximum atomic E-state index is 13.1. The van der Waals surface area contributed by atoms with Crippen LogP contribution in [-0.4, -0.2) is 43.8 Å². The fraction of sp³-hybridized carbons (Fsp3) is 0.316. The number of hydrogen-bond donors (Lipinski definition) is 0. The van der Waals surface area contributed by atoms with E-state index in [1.54, 1.807) is 4.90 Å². The first-order chi connectivity index (χ1) is 14.0. The van der Waals surface area contributed by atoms with Gasteiger partial charge in [-0.05, 0) is 35.9 Å². The van der Waals surface area contributed by atoms with Crippen molar-refractivity contribution in [3.05, 3.63) is 64.4 Å². The van der Waals surface area contributed by atoms with E-state index in [1.165, 1.54) is 24.3 Å². The summed E-state index contributed by atoms with van der Waals surface area (Å²) >= 11 is 5.57. The Morgan fingerprint density at radius 2 is 1.63 bits per heavy atom. The Bertz CT molecular complexity index is 1060. The molecule has 1 atom stereocenters. The van der Waals surface area contributed by atoms with E-state index in [4.69, 9.17) is 11.6 Å². The van der Waals surface area contributed by atoms with Gasteiger partial charge < -0.3 is 0 Å². The molecular formula is C19H16ClF4N3O2S. The molecule has 30 heavy (non-hydrogen) atoms. The number of nitrogens with zero attached hydrogens (tertiary/aromatic N) is 3. The third-order valence-corrected chi connectivity index (χ3v) is 7.05. The van der Waals surface area contributed by atoms with Gasteiger partial charge in [-0.15, -0.1) is 0 Å². The van der Waals surface area contributed by atoms with Crippen LogP contribution in [0.5, 0.6) is 0 Å². The largest absolute Gasteiger partial charge is 0.417 e. The molecule has 0 saturated carbocycles. The van der Waals surface area contributed by atoms with Gasteiger partial charge in [0.1, 0.15) is 11.9 Å². The smallest absolute Gasteiger partial charge is 0.282 e. The highest BCUT2D eigenvalue weighted by Crippen LogP contribution is 2.36. The lowest BCUT2D eigenvalue weighted by Gasteiger charge is -2.36. The SMILES string of the molecule is N#C[C@@H](c1ccc(F)cc1)N1CCN(S(=O)(=O)c2ccc(Cl)c(C(F)(F)F)c2)CC1. The minimum atomic E-state index is -4.78. The summed E-state index contributed by atoms with van der Waals surface area (Å²) in [5, 5.41) is 8.92. The summed E-state index contributed by atoms with van der Waals surface area (Å²) < 4.78 is 79.0. The van der Waals surface area contributed by atoms with Crippen LogP contribution in [0.25, 0.3) is 0 Å². The molecule has 3 rings (SSSR count). The minimum Gasteiger partial charge on any atom is -0.282 e. The Morgan fingerprint density at radius 3 is 2.17 bits per heavy atom. The third kappa shape index (κ3) is 4.59. The molecule has 0 aliphatic carbocycles. The topological polar surface area (TPSA) is 64.4 Å². The second-order valence-electron chi connectivity index (χ2n) is 6.66. The van der Waals surface area contributed by atoms with E-state index >= 15 is 0 Å². The lowest BCUT2D eigenvalue weighted by atomic mass is 10.1. The second kappa shape index (κ2) is 8.51. The van der Waals surface area contributed by atoms with Crippen molar-refractivity contribution in [2.45, 2.75) is 17.1 Å². The normalized spacial score (nSPS) is 17.5. The average molecular weight is 462 g/mol. The van der Waals surface area contributed by atoms with Crippen molar-refractivity contribution in [3.63, 3.8) is 0 Å². The summed E-state index contributed by atoms with van der Waals surface area (Å²) in [4.78, 5) is 1.24. The maximum absolute atomic E-state index is 13.1. The van der Waals surface area contributed by atoms with Crippen molar-refractivity contribution in [2.75, 3.05) is 26.2 Å². The molecule has 0 N–H and O–H groups in total. The van der Waals surface area contributed by atoms with Crippen LogP contribution in [-0.2, 0) is 16.2 Å². The van der Waals surface area contributed by atoms with E-state index < -0.39 is 43.5 Å². The highest BCUT2D eigenvalue weighted by atomic mass is 35.5. The first-order valence-corrected chi connectivity index (χ1v) is 10.6. The average Bonchev–Trinajstić information content (AvgIpc) is 2.69. The Balaban J connectivity index is 1.77. The van der Waals surface area contributed by atoms with Crippen LogP contribution in [0.3, 0.4) is 0 Å². The Labute approximate surface area is 176 Å². The van der Waals surface area contributed by atoms with E-state index in [2.05, 4.69) is 6.07 Å². The van der Waals surface area contributed by atoms with E-state index in [1.807, 2.05) is 0 Å². The molecule has 0 aromatic heterocycles. The van der Waals surface area contributed by atoms with Crippen molar-refractivity contribution >= 4 is 21.6 Å². The van der Waals surface area contributed by atoms with Crippen molar-refractivity contribution in [3.8, 4) is 6.07 Å². The summed E-state index contributed by atoms with van der Waals surface area (Å²) in [7, 11) is -4.17. The summed E-state index contributed by atoms with van der Waals surface area (Å²) in [5.41, 5.74) is -0.646. The molecular weight excluding hydrogens is 446 g/mol. The lowest BCUT2D eigenvalue weighted by molar-refractivity contribution is -0.137.